The van der Waals surface area contributed by atoms with Gasteiger partial charge in [-0.2, -0.15) is 0 Å². The van der Waals surface area contributed by atoms with Crippen molar-refractivity contribution in [1.82, 2.24) is 4.90 Å². The first kappa shape index (κ1) is 13.5. The lowest BCUT2D eigenvalue weighted by atomic mass is 9.95. The van der Waals surface area contributed by atoms with Gasteiger partial charge in [0.05, 0.1) is 12.8 Å². The van der Waals surface area contributed by atoms with Gasteiger partial charge in [0, 0.05) is 25.1 Å². The first-order chi connectivity index (χ1) is 8.95. The summed E-state index contributed by atoms with van der Waals surface area (Å²) in [6.07, 6.45) is -0.0966. The van der Waals surface area contributed by atoms with E-state index in [1.807, 2.05) is 0 Å². The van der Waals surface area contributed by atoms with Gasteiger partial charge >= 0.3 is 5.97 Å². The molecule has 4 nitrogen and oxygen atoms in total. The van der Waals surface area contributed by atoms with Gasteiger partial charge in [-0.1, -0.05) is 6.07 Å². The highest BCUT2D eigenvalue weighted by Crippen LogP contribution is 2.20. The van der Waals surface area contributed by atoms with Crippen LogP contribution in [0.25, 0.3) is 0 Å². The van der Waals surface area contributed by atoms with Gasteiger partial charge in [-0.3, -0.25) is 9.59 Å². The molecule has 1 N–H and O–H groups in total. The van der Waals surface area contributed by atoms with E-state index in [-0.39, 0.29) is 30.2 Å². The molecule has 0 aromatic heterocycles. The fourth-order valence-electron chi connectivity index (χ4n) is 2.09. The molecule has 1 amide bonds. The number of hydrogen-bond acceptors (Lipinski definition) is 2. The number of carboxylic acids is 1. The van der Waals surface area contributed by atoms with E-state index in [1.165, 1.54) is 11.0 Å². The van der Waals surface area contributed by atoms with Crippen LogP contribution in [0.4, 0.5) is 8.78 Å². The van der Waals surface area contributed by atoms with Crippen molar-refractivity contribution in [2.45, 2.75) is 12.8 Å². The predicted octanol–water partition coefficient (Wildman–Crippen LogP) is 1.44. The highest BCUT2D eigenvalue weighted by molar-refractivity contribution is 5.80. The molecule has 1 aromatic rings. The van der Waals surface area contributed by atoms with Gasteiger partial charge in [-0.15, -0.1) is 0 Å². The molecule has 1 heterocycles. The molecule has 102 valence electrons. The molecule has 1 aromatic carbocycles. The van der Waals surface area contributed by atoms with Crippen LogP contribution in [0, 0.1) is 17.6 Å². The molecule has 1 saturated heterocycles. The quantitative estimate of drug-likeness (QED) is 0.899. The third-order valence-corrected chi connectivity index (χ3v) is 3.13. The second kappa shape index (κ2) is 5.34. The van der Waals surface area contributed by atoms with E-state index in [2.05, 4.69) is 0 Å². The number of carbonyl (C=O) groups excluding carboxylic acids is 1. The zero-order valence-corrected chi connectivity index (χ0v) is 10.1. The Hall–Kier alpha value is -1.98. The van der Waals surface area contributed by atoms with Gasteiger partial charge in [0.2, 0.25) is 5.91 Å². The molecule has 0 radical (unpaired) electrons. The average molecular weight is 269 g/mol. The van der Waals surface area contributed by atoms with Crippen LogP contribution in [0.2, 0.25) is 0 Å². The summed E-state index contributed by atoms with van der Waals surface area (Å²) in [5, 5.41) is 8.58. The third-order valence-electron chi connectivity index (χ3n) is 3.13. The number of likely N-dealkylation sites (tertiary alicyclic amines) is 1. The molecular formula is C13H13F2NO3. The Bertz CT molecular complexity index is 513. The molecule has 0 atom stereocenters. The van der Waals surface area contributed by atoms with Gasteiger partial charge in [0.25, 0.3) is 0 Å². The Morgan fingerprint density at radius 3 is 2.58 bits per heavy atom. The molecule has 0 saturated carbocycles. The van der Waals surface area contributed by atoms with Gasteiger partial charge in [-0.25, -0.2) is 8.78 Å². The maximum Gasteiger partial charge on any atom is 0.303 e. The number of halogens is 2. The zero-order chi connectivity index (χ0) is 14.0. The zero-order valence-electron chi connectivity index (χ0n) is 10.1. The molecule has 19 heavy (non-hydrogen) atoms. The summed E-state index contributed by atoms with van der Waals surface area (Å²) in [6.45, 7) is 0.766. The summed E-state index contributed by atoms with van der Waals surface area (Å²) in [5.74, 6) is -2.61. The van der Waals surface area contributed by atoms with Crippen molar-refractivity contribution in [3.05, 3.63) is 35.4 Å². The molecular weight excluding hydrogens is 256 g/mol. The first-order valence-electron chi connectivity index (χ1n) is 5.89. The second-order valence-corrected chi connectivity index (χ2v) is 4.68. The van der Waals surface area contributed by atoms with Crippen LogP contribution in [0.3, 0.4) is 0 Å². The number of aliphatic carboxylic acids is 1. The summed E-state index contributed by atoms with van der Waals surface area (Å²) in [4.78, 5) is 23.7. The number of benzene rings is 1. The second-order valence-electron chi connectivity index (χ2n) is 4.68. The van der Waals surface area contributed by atoms with Crippen molar-refractivity contribution in [3.8, 4) is 0 Å². The summed E-state index contributed by atoms with van der Waals surface area (Å²) in [6, 6.07) is 3.10. The smallest absolute Gasteiger partial charge is 0.303 e. The lowest BCUT2D eigenvalue weighted by Gasteiger charge is -2.38. The molecule has 2 rings (SSSR count). The van der Waals surface area contributed by atoms with Crippen LogP contribution in [0.15, 0.2) is 18.2 Å². The van der Waals surface area contributed by atoms with Crippen molar-refractivity contribution >= 4 is 11.9 Å². The minimum Gasteiger partial charge on any atom is -0.481 e. The molecule has 0 spiro atoms. The lowest BCUT2D eigenvalue weighted by Crippen LogP contribution is -2.51. The third kappa shape index (κ3) is 3.27. The van der Waals surface area contributed by atoms with E-state index < -0.39 is 17.6 Å². The van der Waals surface area contributed by atoms with Crippen LogP contribution in [0.1, 0.15) is 12.0 Å². The van der Waals surface area contributed by atoms with E-state index in [1.54, 1.807) is 0 Å². The van der Waals surface area contributed by atoms with E-state index in [0.717, 1.165) is 12.1 Å². The van der Waals surface area contributed by atoms with Crippen LogP contribution in [-0.2, 0) is 16.0 Å². The van der Waals surface area contributed by atoms with Crippen molar-refractivity contribution < 1.29 is 23.5 Å². The molecule has 6 heteroatoms. The number of carboxylic acid groups (broad SMARTS) is 1. The molecule has 1 fully saturated rings. The summed E-state index contributed by atoms with van der Waals surface area (Å²) in [5.41, 5.74) is 0.146. The standard InChI is InChI=1S/C13H13F2NO3/c14-10-2-1-9(11(15)5-10)4-12(17)16-6-8(7-16)3-13(18)19/h1-2,5,8H,3-4,6-7H2,(H,18,19). The fourth-order valence-corrected chi connectivity index (χ4v) is 2.09. The SMILES string of the molecule is O=C(O)CC1CN(C(=O)Cc2ccc(F)cc2F)C1. The number of hydrogen-bond donors (Lipinski definition) is 1. The van der Waals surface area contributed by atoms with Crippen molar-refractivity contribution in [2.75, 3.05) is 13.1 Å². The lowest BCUT2D eigenvalue weighted by molar-refractivity contribution is -0.144. The summed E-state index contributed by atoms with van der Waals surface area (Å²) < 4.78 is 26.1. The van der Waals surface area contributed by atoms with Gasteiger partial charge < -0.3 is 10.0 Å². The minimum absolute atomic E-state index is 0.0282. The fraction of sp³-hybridized carbons (Fsp3) is 0.385. The van der Waals surface area contributed by atoms with Gasteiger partial charge in [0.1, 0.15) is 11.6 Å². The number of amides is 1. The van der Waals surface area contributed by atoms with Crippen LogP contribution >= 0.6 is 0 Å². The van der Waals surface area contributed by atoms with E-state index in [0.29, 0.717) is 13.1 Å². The van der Waals surface area contributed by atoms with E-state index in [9.17, 15) is 18.4 Å². The van der Waals surface area contributed by atoms with Crippen LogP contribution in [-0.4, -0.2) is 35.0 Å². The highest BCUT2D eigenvalue weighted by Gasteiger charge is 2.32. The van der Waals surface area contributed by atoms with Crippen LogP contribution < -0.4 is 0 Å². The Morgan fingerprint density at radius 1 is 1.32 bits per heavy atom. The van der Waals surface area contributed by atoms with E-state index >= 15 is 0 Å². The Balaban J connectivity index is 1.87. The minimum atomic E-state index is -0.887. The number of nitrogens with zero attached hydrogens (tertiary/aromatic N) is 1. The van der Waals surface area contributed by atoms with Gasteiger partial charge in [0.15, 0.2) is 0 Å². The Morgan fingerprint density at radius 2 is 2.00 bits per heavy atom. The monoisotopic (exact) mass is 269 g/mol. The predicted molar refractivity (Wildman–Crippen MR) is 62.4 cm³/mol. The highest BCUT2D eigenvalue weighted by atomic mass is 19.1. The van der Waals surface area contributed by atoms with Crippen molar-refractivity contribution in [1.29, 1.82) is 0 Å². The molecule has 0 aliphatic carbocycles. The number of rotatable bonds is 4. The summed E-state index contributed by atoms with van der Waals surface area (Å²) in [7, 11) is 0. The Kier molecular flexibility index (Phi) is 3.78. The summed E-state index contributed by atoms with van der Waals surface area (Å²) >= 11 is 0. The van der Waals surface area contributed by atoms with Crippen molar-refractivity contribution in [3.63, 3.8) is 0 Å². The maximum absolute atomic E-state index is 13.4. The molecule has 1 aliphatic heterocycles. The molecule has 0 unspecified atom stereocenters. The van der Waals surface area contributed by atoms with Crippen molar-refractivity contribution in [2.24, 2.45) is 5.92 Å². The average Bonchev–Trinajstić information content (AvgIpc) is 2.26. The normalized spacial score (nSPS) is 15.2. The first-order valence-corrected chi connectivity index (χ1v) is 5.89. The Labute approximate surface area is 108 Å². The van der Waals surface area contributed by atoms with E-state index in [4.69, 9.17) is 5.11 Å². The van der Waals surface area contributed by atoms with Crippen LogP contribution in [0.5, 0.6) is 0 Å². The largest absolute Gasteiger partial charge is 0.481 e. The maximum atomic E-state index is 13.4. The number of carbonyl (C=O) groups is 2. The topological polar surface area (TPSA) is 57.6 Å². The van der Waals surface area contributed by atoms with Gasteiger partial charge in [-0.05, 0) is 11.6 Å². The molecule has 0 bridgehead atoms. The molecule has 1 aliphatic rings.